The predicted molar refractivity (Wildman–Crippen MR) is 94.3 cm³/mol. The second-order valence-electron chi connectivity index (χ2n) is 6.78. The Morgan fingerprint density at radius 2 is 2.16 bits per heavy atom. The molecule has 3 heterocycles. The topological polar surface area (TPSA) is 76.0 Å². The molecule has 1 aliphatic rings. The van der Waals surface area contributed by atoms with Crippen LogP contribution in [0.2, 0.25) is 0 Å². The monoisotopic (exact) mass is 345 g/mol. The maximum Gasteiger partial charge on any atom is 0.223 e. The molecule has 1 atom stereocenters. The summed E-state index contributed by atoms with van der Waals surface area (Å²) in [5.74, 6) is 0.176. The van der Waals surface area contributed by atoms with Crippen LogP contribution in [-0.4, -0.2) is 50.5 Å². The molecule has 25 heavy (non-hydrogen) atoms. The van der Waals surface area contributed by atoms with Crippen LogP contribution in [0.4, 0.5) is 0 Å². The van der Waals surface area contributed by atoms with E-state index in [4.69, 9.17) is 4.74 Å². The third-order valence-corrected chi connectivity index (χ3v) is 4.83. The van der Waals surface area contributed by atoms with Gasteiger partial charge in [-0.1, -0.05) is 0 Å². The van der Waals surface area contributed by atoms with Gasteiger partial charge in [0.05, 0.1) is 30.6 Å². The molecule has 0 saturated carbocycles. The van der Waals surface area contributed by atoms with Gasteiger partial charge >= 0.3 is 0 Å². The number of nitrogens with zero attached hydrogens (tertiary/aromatic N) is 4. The molecule has 2 aromatic heterocycles. The Morgan fingerprint density at radius 3 is 2.80 bits per heavy atom. The molecule has 7 heteroatoms. The summed E-state index contributed by atoms with van der Waals surface area (Å²) in [6.07, 6.45) is 1.30. The molecule has 2 aromatic rings. The molecular weight excluding hydrogens is 318 g/mol. The summed E-state index contributed by atoms with van der Waals surface area (Å²) in [5.41, 5.74) is 5.19. The lowest BCUT2D eigenvalue weighted by atomic mass is 10.0. The molecule has 1 amide bonds. The number of rotatable bonds is 5. The number of H-pyrrole nitrogens is 1. The average Bonchev–Trinajstić information content (AvgIpc) is 3.08. The zero-order chi connectivity index (χ0) is 18.0. The minimum Gasteiger partial charge on any atom is -0.377 e. The molecule has 7 nitrogen and oxygen atoms in total. The zero-order valence-electron chi connectivity index (χ0n) is 15.5. The number of ether oxygens (including phenoxy) is 1. The highest BCUT2D eigenvalue weighted by molar-refractivity contribution is 5.77. The van der Waals surface area contributed by atoms with E-state index in [0.717, 1.165) is 41.3 Å². The first kappa shape index (κ1) is 17.7. The summed E-state index contributed by atoms with van der Waals surface area (Å²) in [6, 6.07) is 2.01. The summed E-state index contributed by atoms with van der Waals surface area (Å²) in [5, 5.41) is 11.7. The smallest absolute Gasteiger partial charge is 0.223 e. The molecule has 0 aromatic carbocycles. The predicted octanol–water partition coefficient (Wildman–Crippen LogP) is 2.22. The van der Waals surface area contributed by atoms with Gasteiger partial charge in [-0.05, 0) is 40.2 Å². The number of nitrogens with one attached hydrogen (secondary N) is 1. The van der Waals surface area contributed by atoms with Gasteiger partial charge in [-0.15, -0.1) is 0 Å². The molecule has 3 rings (SSSR count). The molecule has 1 N–H and O–H groups in total. The fourth-order valence-corrected chi connectivity index (χ4v) is 3.62. The van der Waals surface area contributed by atoms with E-state index in [0.29, 0.717) is 26.2 Å². The van der Waals surface area contributed by atoms with Crippen molar-refractivity contribution in [3.05, 3.63) is 34.4 Å². The maximum atomic E-state index is 12.8. The van der Waals surface area contributed by atoms with Gasteiger partial charge in [0.25, 0.3) is 0 Å². The van der Waals surface area contributed by atoms with Gasteiger partial charge in [0.1, 0.15) is 0 Å². The van der Waals surface area contributed by atoms with Crippen LogP contribution in [-0.2, 0) is 16.1 Å². The van der Waals surface area contributed by atoms with Crippen LogP contribution in [0.25, 0.3) is 0 Å². The molecule has 0 bridgehead atoms. The minimum atomic E-state index is -0.0475. The van der Waals surface area contributed by atoms with Crippen molar-refractivity contribution in [3.8, 4) is 0 Å². The first-order valence-electron chi connectivity index (χ1n) is 8.87. The Balaban J connectivity index is 1.64. The van der Waals surface area contributed by atoms with E-state index >= 15 is 0 Å². The summed E-state index contributed by atoms with van der Waals surface area (Å²) in [6.45, 7) is 10.5. The Kier molecular flexibility index (Phi) is 5.22. The van der Waals surface area contributed by atoms with Crippen molar-refractivity contribution in [3.63, 3.8) is 0 Å². The van der Waals surface area contributed by atoms with E-state index in [-0.39, 0.29) is 11.9 Å². The quantitative estimate of drug-likeness (QED) is 0.901. The fraction of sp³-hybridized carbons (Fsp3) is 0.611. The van der Waals surface area contributed by atoms with E-state index in [9.17, 15) is 4.79 Å². The minimum absolute atomic E-state index is 0.0475. The number of carbonyl (C=O) groups is 1. The van der Waals surface area contributed by atoms with Gasteiger partial charge in [-0.2, -0.15) is 10.2 Å². The number of aromatic amines is 1. The van der Waals surface area contributed by atoms with Crippen molar-refractivity contribution in [2.45, 2.75) is 53.1 Å². The van der Waals surface area contributed by atoms with E-state index < -0.39 is 0 Å². The lowest BCUT2D eigenvalue weighted by molar-refractivity contribution is -0.140. The van der Waals surface area contributed by atoms with Crippen LogP contribution >= 0.6 is 0 Å². The van der Waals surface area contributed by atoms with Crippen molar-refractivity contribution >= 4 is 5.91 Å². The van der Waals surface area contributed by atoms with Crippen molar-refractivity contribution in [2.75, 3.05) is 19.8 Å². The third-order valence-electron chi connectivity index (χ3n) is 4.83. The zero-order valence-corrected chi connectivity index (χ0v) is 15.5. The second-order valence-corrected chi connectivity index (χ2v) is 6.78. The average molecular weight is 345 g/mol. The Hall–Kier alpha value is -2.15. The molecular formula is C18H27N5O2. The van der Waals surface area contributed by atoms with Gasteiger partial charge in [-0.25, -0.2) is 0 Å². The molecule has 1 saturated heterocycles. The maximum absolute atomic E-state index is 12.8. The molecule has 136 valence electrons. The van der Waals surface area contributed by atoms with Gasteiger partial charge < -0.3 is 9.64 Å². The second kappa shape index (κ2) is 7.39. The molecule has 0 spiro atoms. The number of aromatic nitrogens is 4. The fourth-order valence-electron chi connectivity index (χ4n) is 3.62. The standard InChI is InChI=1S/C18H27N5O2/c1-12-10-13(2)23(21-12)7-5-6-17(24)22-8-9-25-11-16(22)18-14(3)19-20-15(18)4/h10,16H,5-9,11H2,1-4H3,(H,19,20). The molecule has 1 fully saturated rings. The van der Waals surface area contributed by atoms with Gasteiger partial charge in [-0.3, -0.25) is 14.6 Å². The van der Waals surface area contributed by atoms with Crippen LogP contribution in [0.5, 0.6) is 0 Å². The Labute approximate surface area is 148 Å². The van der Waals surface area contributed by atoms with E-state index in [1.54, 1.807) is 0 Å². The highest BCUT2D eigenvalue weighted by Crippen LogP contribution is 2.29. The highest BCUT2D eigenvalue weighted by Gasteiger charge is 2.31. The number of hydrogen-bond acceptors (Lipinski definition) is 4. The van der Waals surface area contributed by atoms with Crippen molar-refractivity contribution in [1.82, 2.24) is 24.9 Å². The van der Waals surface area contributed by atoms with Gasteiger partial charge in [0, 0.05) is 36.5 Å². The van der Waals surface area contributed by atoms with E-state index in [1.807, 2.05) is 37.3 Å². The molecule has 0 radical (unpaired) electrons. The first-order valence-corrected chi connectivity index (χ1v) is 8.87. The van der Waals surface area contributed by atoms with Gasteiger partial charge in [0.15, 0.2) is 0 Å². The van der Waals surface area contributed by atoms with Crippen LogP contribution in [0.1, 0.15) is 47.2 Å². The number of hydrogen-bond donors (Lipinski definition) is 1. The van der Waals surface area contributed by atoms with Crippen LogP contribution in [0.15, 0.2) is 6.07 Å². The molecule has 1 unspecified atom stereocenters. The number of morpholine rings is 1. The summed E-state index contributed by atoms with van der Waals surface area (Å²) in [4.78, 5) is 14.8. The summed E-state index contributed by atoms with van der Waals surface area (Å²) < 4.78 is 7.61. The summed E-state index contributed by atoms with van der Waals surface area (Å²) in [7, 11) is 0. The molecule has 1 aliphatic heterocycles. The third kappa shape index (κ3) is 3.76. The van der Waals surface area contributed by atoms with E-state index in [2.05, 4.69) is 21.4 Å². The lowest BCUT2D eigenvalue weighted by Crippen LogP contribution is -2.43. The largest absolute Gasteiger partial charge is 0.377 e. The Morgan fingerprint density at radius 1 is 1.36 bits per heavy atom. The Bertz CT molecular complexity index is 729. The van der Waals surface area contributed by atoms with Gasteiger partial charge in [0.2, 0.25) is 5.91 Å². The number of amides is 1. The van der Waals surface area contributed by atoms with Crippen LogP contribution in [0.3, 0.4) is 0 Å². The van der Waals surface area contributed by atoms with Crippen molar-refractivity contribution in [2.24, 2.45) is 0 Å². The van der Waals surface area contributed by atoms with Crippen molar-refractivity contribution < 1.29 is 9.53 Å². The number of carbonyl (C=O) groups excluding carboxylic acids is 1. The van der Waals surface area contributed by atoms with Crippen LogP contribution in [0, 0.1) is 27.7 Å². The summed E-state index contributed by atoms with van der Waals surface area (Å²) >= 11 is 0. The van der Waals surface area contributed by atoms with E-state index in [1.165, 1.54) is 0 Å². The highest BCUT2D eigenvalue weighted by atomic mass is 16.5. The van der Waals surface area contributed by atoms with Crippen molar-refractivity contribution in [1.29, 1.82) is 0 Å². The first-order chi connectivity index (χ1) is 12.0. The lowest BCUT2D eigenvalue weighted by Gasteiger charge is -2.36. The molecule has 0 aliphatic carbocycles. The SMILES string of the molecule is Cc1cc(C)n(CCCC(=O)N2CCOCC2c2c(C)n[nH]c2C)n1. The van der Waals surface area contributed by atoms with Crippen LogP contribution < -0.4 is 0 Å². The number of aryl methyl sites for hydroxylation is 5. The normalized spacial score (nSPS) is 17.9.